The second-order valence-corrected chi connectivity index (χ2v) is 3.46. The van der Waals surface area contributed by atoms with E-state index in [0.29, 0.717) is 23.7 Å². The summed E-state index contributed by atoms with van der Waals surface area (Å²) in [6.07, 6.45) is 0. The van der Waals surface area contributed by atoms with Crippen LogP contribution in [-0.2, 0) is 0 Å². The SMILES string of the molecule is Cc1nnsc1C(=O)N(C)CCN. The number of carbonyl (C=O) groups excluding carboxylic acids is 1. The molecule has 0 aliphatic rings. The van der Waals surface area contributed by atoms with Crippen LogP contribution >= 0.6 is 11.5 Å². The van der Waals surface area contributed by atoms with Gasteiger partial charge in [-0.25, -0.2) is 0 Å². The average molecular weight is 200 g/mol. The Morgan fingerprint density at radius 2 is 2.38 bits per heavy atom. The maximum absolute atomic E-state index is 11.6. The summed E-state index contributed by atoms with van der Waals surface area (Å²) in [5.74, 6) is -0.0575. The van der Waals surface area contributed by atoms with Gasteiger partial charge in [-0.15, -0.1) is 5.10 Å². The van der Waals surface area contributed by atoms with E-state index in [1.807, 2.05) is 0 Å². The molecule has 1 aromatic rings. The van der Waals surface area contributed by atoms with E-state index >= 15 is 0 Å². The van der Waals surface area contributed by atoms with Gasteiger partial charge in [0, 0.05) is 20.1 Å². The highest BCUT2D eigenvalue weighted by atomic mass is 32.1. The molecule has 5 nitrogen and oxygen atoms in total. The van der Waals surface area contributed by atoms with Crippen LogP contribution in [0, 0.1) is 6.92 Å². The summed E-state index contributed by atoms with van der Waals surface area (Å²) in [5, 5.41) is 3.77. The number of nitrogens with two attached hydrogens (primary N) is 1. The normalized spacial score (nSPS) is 10.1. The first-order valence-corrected chi connectivity index (χ1v) is 4.68. The van der Waals surface area contributed by atoms with Crippen LogP contribution in [0.15, 0.2) is 0 Å². The minimum atomic E-state index is -0.0575. The minimum Gasteiger partial charge on any atom is -0.340 e. The van der Waals surface area contributed by atoms with Gasteiger partial charge in [0.1, 0.15) is 4.88 Å². The van der Waals surface area contributed by atoms with Crippen LogP contribution in [0.2, 0.25) is 0 Å². The fourth-order valence-electron chi connectivity index (χ4n) is 0.896. The van der Waals surface area contributed by atoms with Gasteiger partial charge >= 0.3 is 0 Å². The van der Waals surface area contributed by atoms with E-state index < -0.39 is 0 Å². The van der Waals surface area contributed by atoms with Gasteiger partial charge in [0.25, 0.3) is 5.91 Å². The standard InChI is InChI=1S/C7H12N4OS/c1-5-6(13-10-9-5)7(12)11(2)4-3-8/h3-4,8H2,1-2H3. The van der Waals surface area contributed by atoms with Crippen molar-refractivity contribution in [1.82, 2.24) is 14.5 Å². The molecule has 0 atom stereocenters. The highest BCUT2D eigenvalue weighted by Gasteiger charge is 2.16. The Bertz CT molecular complexity index is 298. The molecule has 0 fully saturated rings. The van der Waals surface area contributed by atoms with Crippen molar-refractivity contribution < 1.29 is 4.79 Å². The number of nitrogens with zero attached hydrogens (tertiary/aromatic N) is 3. The molecule has 0 spiro atoms. The predicted molar refractivity (Wildman–Crippen MR) is 50.7 cm³/mol. The van der Waals surface area contributed by atoms with Gasteiger partial charge < -0.3 is 10.6 Å². The smallest absolute Gasteiger partial charge is 0.267 e. The highest BCUT2D eigenvalue weighted by molar-refractivity contribution is 7.07. The average Bonchev–Trinajstić information content (AvgIpc) is 2.50. The molecular weight excluding hydrogens is 188 g/mol. The molecule has 0 saturated heterocycles. The monoisotopic (exact) mass is 200 g/mol. The van der Waals surface area contributed by atoms with Crippen LogP contribution in [0.4, 0.5) is 0 Å². The molecule has 0 aliphatic carbocycles. The van der Waals surface area contributed by atoms with Crippen molar-refractivity contribution >= 4 is 17.4 Å². The summed E-state index contributed by atoms with van der Waals surface area (Å²) in [4.78, 5) is 13.8. The first kappa shape index (κ1) is 10.1. The van der Waals surface area contributed by atoms with E-state index in [2.05, 4.69) is 9.59 Å². The molecule has 1 aromatic heterocycles. The zero-order valence-electron chi connectivity index (χ0n) is 7.65. The quantitative estimate of drug-likeness (QED) is 0.738. The zero-order chi connectivity index (χ0) is 9.84. The van der Waals surface area contributed by atoms with E-state index in [0.717, 1.165) is 11.5 Å². The number of aryl methyl sites for hydroxylation is 1. The van der Waals surface area contributed by atoms with Crippen molar-refractivity contribution in [3.8, 4) is 0 Å². The summed E-state index contributed by atoms with van der Waals surface area (Å²) < 4.78 is 3.70. The molecule has 0 unspecified atom stereocenters. The Hall–Kier alpha value is -1.01. The van der Waals surface area contributed by atoms with Crippen LogP contribution in [0.5, 0.6) is 0 Å². The van der Waals surface area contributed by atoms with Gasteiger partial charge in [-0.05, 0) is 18.5 Å². The summed E-state index contributed by atoms with van der Waals surface area (Å²) in [6.45, 7) is 2.79. The number of hydrogen-bond donors (Lipinski definition) is 1. The number of likely N-dealkylation sites (N-methyl/N-ethyl adjacent to an activating group) is 1. The van der Waals surface area contributed by atoms with Gasteiger partial charge in [-0.2, -0.15) is 0 Å². The van der Waals surface area contributed by atoms with E-state index in [9.17, 15) is 4.79 Å². The third-order valence-corrected chi connectivity index (χ3v) is 2.47. The lowest BCUT2D eigenvalue weighted by Crippen LogP contribution is -2.31. The van der Waals surface area contributed by atoms with Crippen molar-refractivity contribution in [3.63, 3.8) is 0 Å². The van der Waals surface area contributed by atoms with Crippen LogP contribution in [-0.4, -0.2) is 40.5 Å². The summed E-state index contributed by atoms with van der Waals surface area (Å²) in [6, 6.07) is 0. The fraction of sp³-hybridized carbons (Fsp3) is 0.571. The van der Waals surface area contributed by atoms with Gasteiger partial charge in [-0.3, -0.25) is 4.79 Å². The molecule has 6 heteroatoms. The largest absolute Gasteiger partial charge is 0.340 e. The van der Waals surface area contributed by atoms with Crippen LogP contribution in [0.1, 0.15) is 15.4 Å². The molecule has 0 saturated carbocycles. The molecule has 0 aliphatic heterocycles. The van der Waals surface area contributed by atoms with Crippen LogP contribution in [0.3, 0.4) is 0 Å². The molecular formula is C7H12N4OS. The molecule has 0 bridgehead atoms. The van der Waals surface area contributed by atoms with Crippen molar-refractivity contribution in [2.75, 3.05) is 20.1 Å². The molecule has 72 valence electrons. The van der Waals surface area contributed by atoms with E-state index in [1.165, 1.54) is 0 Å². The number of rotatable bonds is 3. The van der Waals surface area contributed by atoms with E-state index in [1.54, 1.807) is 18.9 Å². The van der Waals surface area contributed by atoms with Crippen LogP contribution in [0.25, 0.3) is 0 Å². The maximum atomic E-state index is 11.6. The van der Waals surface area contributed by atoms with E-state index in [-0.39, 0.29) is 5.91 Å². The Labute approximate surface area is 80.7 Å². The summed E-state index contributed by atoms with van der Waals surface area (Å²) >= 11 is 1.12. The maximum Gasteiger partial charge on any atom is 0.267 e. The lowest BCUT2D eigenvalue weighted by atomic mass is 10.3. The third-order valence-electron chi connectivity index (χ3n) is 1.66. The lowest BCUT2D eigenvalue weighted by molar-refractivity contribution is 0.0803. The zero-order valence-corrected chi connectivity index (χ0v) is 8.47. The predicted octanol–water partition coefficient (Wildman–Crippen LogP) is -0.123. The number of carbonyl (C=O) groups is 1. The highest BCUT2D eigenvalue weighted by Crippen LogP contribution is 2.11. The number of aromatic nitrogens is 2. The Balaban J connectivity index is 2.73. The molecule has 0 aromatic carbocycles. The Kier molecular flexibility index (Phi) is 3.32. The van der Waals surface area contributed by atoms with Crippen LogP contribution < -0.4 is 5.73 Å². The molecule has 1 rings (SSSR count). The van der Waals surface area contributed by atoms with E-state index in [4.69, 9.17) is 5.73 Å². The van der Waals surface area contributed by atoms with Gasteiger partial charge in [0.2, 0.25) is 0 Å². The summed E-state index contributed by atoms with van der Waals surface area (Å²) in [5.41, 5.74) is 6.02. The Morgan fingerprint density at radius 3 is 2.85 bits per heavy atom. The van der Waals surface area contributed by atoms with Crippen molar-refractivity contribution in [1.29, 1.82) is 0 Å². The molecule has 2 N–H and O–H groups in total. The van der Waals surface area contributed by atoms with Gasteiger partial charge in [0.15, 0.2) is 0 Å². The Morgan fingerprint density at radius 1 is 1.69 bits per heavy atom. The first-order chi connectivity index (χ1) is 6.16. The second kappa shape index (κ2) is 4.29. The molecule has 1 heterocycles. The van der Waals surface area contributed by atoms with Crippen molar-refractivity contribution in [3.05, 3.63) is 10.6 Å². The minimum absolute atomic E-state index is 0.0575. The topological polar surface area (TPSA) is 72.1 Å². The summed E-state index contributed by atoms with van der Waals surface area (Å²) in [7, 11) is 1.72. The number of amides is 1. The fourth-order valence-corrected chi connectivity index (χ4v) is 1.55. The van der Waals surface area contributed by atoms with Crippen molar-refractivity contribution in [2.45, 2.75) is 6.92 Å². The lowest BCUT2D eigenvalue weighted by Gasteiger charge is -2.14. The third kappa shape index (κ3) is 2.22. The molecule has 0 radical (unpaired) electrons. The van der Waals surface area contributed by atoms with Crippen molar-refractivity contribution in [2.24, 2.45) is 5.73 Å². The molecule has 13 heavy (non-hydrogen) atoms. The number of hydrogen-bond acceptors (Lipinski definition) is 5. The first-order valence-electron chi connectivity index (χ1n) is 3.91. The van der Waals surface area contributed by atoms with Gasteiger partial charge in [-0.1, -0.05) is 4.49 Å². The second-order valence-electron chi connectivity index (χ2n) is 2.70. The van der Waals surface area contributed by atoms with Gasteiger partial charge in [0.05, 0.1) is 5.69 Å². The molecule has 1 amide bonds.